The number of aromatic nitrogens is 8. The molecule has 3 heterocycles. The number of aromatic amines is 1. The van der Waals surface area contributed by atoms with Crippen molar-refractivity contribution in [3.63, 3.8) is 0 Å². The fourth-order valence-electron chi connectivity index (χ4n) is 1.84. The molecule has 0 saturated heterocycles. The molecule has 3 aromatic heterocycles. The molecule has 0 spiro atoms. The second-order valence-corrected chi connectivity index (χ2v) is 5.32. The highest BCUT2D eigenvalue weighted by Crippen LogP contribution is 2.38. The van der Waals surface area contributed by atoms with E-state index in [-0.39, 0.29) is 0 Å². The van der Waals surface area contributed by atoms with Gasteiger partial charge in [0.05, 0.1) is 17.6 Å². The van der Waals surface area contributed by atoms with Crippen LogP contribution in [0.4, 0.5) is 5.95 Å². The Balaban J connectivity index is 1.77. The second kappa shape index (κ2) is 4.38. The van der Waals surface area contributed by atoms with E-state index in [9.17, 15) is 0 Å². The first-order valence-electron chi connectivity index (χ1n) is 5.98. The van der Waals surface area contributed by atoms with E-state index in [1.807, 2.05) is 4.68 Å². The number of anilines is 1. The van der Waals surface area contributed by atoms with Crippen molar-refractivity contribution in [2.45, 2.75) is 29.1 Å². The quantitative estimate of drug-likeness (QED) is 0.347. The molecule has 0 aromatic carbocycles. The van der Waals surface area contributed by atoms with Crippen LogP contribution in [0.15, 0.2) is 16.4 Å². The van der Waals surface area contributed by atoms with Crippen molar-refractivity contribution in [1.29, 1.82) is 0 Å². The summed E-state index contributed by atoms with van der Waals surface area (Å²) in [7, 11) is 0. The minimum atomic E-state index is 0.315. The molecule has 0 radical (unpaired) electrons. The molecule has 102 valence electrons. The maximum atomic E-state index is 5.38. The Labute approximate surface area is 116 Å². The summed E-state index contributed by atoms with van der Waals surface area (Å²) in [5.74, 6) is 5.69. The lowest BCUT2D eigenvalue weighted by Gasteiger charge is -2.04. The highest BCUT2D eigenvalue weighted by atomic mass is 32.2. The van der Waals surface area contributed by atoms with Gasteiger partial charge in [-0.05, 0) is 35.0 Å². The number of tetrazole rings is 1. The number of nitrogens with one attached hydrogen (secondary N) is 2. The van der Waals surface area contributed by atoms with E-state index in [1.165, 1.54) is 11.8 Å². The molecule has 1 aliphatic carbocycles. The van der Waals surface area contributed by atoms with Gasteiger partial charge in [0.2, 0.25) is 11.1 Å². The lowest BCUT2D eigenvalue weighted by atomic mass is 10.4. The fraction of sp³-hybridized carbons (Fsp3) is 0.333. The molecule has 0 unspecified atom stereocenters. The van der Waals surface area contributed by atoms with Crippen LogP contribution in [0.5, 0.6) is 0 Å². The van der Waals surface area contributed by atoms with Crippen molar-refractivity contribution >= 4 is 28.7 Å². The first-order valence-corrected chi connectivity index (χ1v) is 6.80. The Morgan fingerprint density at radius 1 is 1.40 bits per heavy atom. The first kappa shape index (κ1) is 11.5. The second-order valence-electron chi connectivity index (χ2n) is 4.37. The van der Waals surface area contributed by atoms with Crippen molar-refractivity contribution in [3.05, 3.63) is 6.20 Å². The van der Waals surface area contributed by atoms with Crippen LogP contribution in [0, 0.1) is 0 Å². The lowest BCUT2D eigenvalue weighted by molar-refractivity contribution is 0.565. The summed E-state index contributed by atoms with van der Waals surface area (Å²) in [4.78, 5) is 8.51. The maximum Gasteiger partial charge on any atom is 0.240 e. The molecule has 0 aliphatic heterocycles. The van der Waals surface area contributed by atoms with Crippen LogP contribution >= 0.6 is 11.8 Å². The summed E-state index contributed by atoms with van der Waals surface area (Å²) in [6, 6.07) is 0.404. The summed E-state index contributed by atoms with van der Waals surface area (Å²) < 4.78 is 1.83. The zero-order valence-corrected chi connectivity index (χ0v) is 11.0. The molecule has 10 nitrogen and oxygen atoms in total. The lowest BCUT2D eigenvalue weighted by Crippen LogP contribution is -2.11. The summed E-state index contributed by atoms with van der Waals surface area (Å²) in [6.07, 6.45) is 3.89. The molecule has 4 N–H and O–H groups in total. The van der Waals surface area contributed by atoms with E-state index in [1.54, 1.807) is 6.20 Å². The summed E-state index contributed by atoms with van der Waals surface area (Å²) >= 11 is 1.37. The van der Waals surface area contributed by atoms with E-state index in [4.69, 9.17) is 5.84 Å². The van der Waals surface area contributed by atoms with Crippen molar-refractivity contribution in [2.24, 2.45) is 5.84 Å². The van der Waals surface area contributed by atoms with Gasteiger partial charge in [-0.2, -0.15) is 10.1 Å². The van der Waals surface area contributed by atoms with Crippen molar-refractivity contribution in [1.82, 2.24) is 40.4 Å². The highest BCUT2D eigenvalue weighted by Gasteiger charge is 2.28. The summed E-state index contributed by atoms with van der Waals surface area (Å²) in [5, 5.41) is 20.8. The number of hydrazine groups is 1. The van der Waals surface area contributed by atoms with E-state index in [0.29, 0.717) is 27.8 Å². The Kier molecular flexibility index (Phi) is 2.53. The van der Waals surface area contributed by atoms with Gasteiger partial charge in [-0.3, -0.25) is 10.5 Å². The van der Waals surface area contributed by atoms with Gasteiger partial charge in [0.1, 0.15) is 5.03 Å². The number of rotatable bonds is 4. The summed E-state index contributed by atoms with van der Waals surface area (Å²) in [6.45, 7) is 0. The van der Waals surface area contributed by atoms with Crippen LogP contribution in [0.1, 0.15) is 18.9 Å². The van der Waals surface area contributed by atoms with Crippen molar-refractivity contribution < 1.29 is 0 Å². The molecule has 4 rings (SSSR count). The van der Waals surface area contributed by atoms with E-state index in [0.717, 1.165) is 18.2 Å². The zero-order valence-electron chi connectivity index (χ0n) is 10.2. The van der Waals surface area contributed by atoms with Crippen LogP contribution in [0.3, 0.4) is 0 Å². The largest absolute Gasteiger partial charge is 0.292 e. The van der Waals surface area contributed by atoms with Gasteiger partial charge < -0.3 is 0 Å². The highest BCUT2D eigenvalue weighted by molar-refractivity contribution is 7.99. The molecule has 20 heavy (non-hydrogen) atoms. The molecular formula is C9H10N10S. The smallest absolute Gasteiger partial charge is 0.240 e. The molecule has 0 amide bonds. The molecular weight excluding hydrogens is 280 g/mol. The third kappa shape index (κ3) is 1.87. The van der Waals surface area contributed by atoms with E-state index in [2.05, 4.69) is 41.1 Å². The van der Waals surface area contributed by atoms with Gasteiger partial charge in [0.25, 0.3) is 0 Å². The normalized spacial score (nSPS) is 14.8. The predicted octanol–water partition coefficient (Wildman–Crippen LogP) is 0.111. The number of fused-ring (bicyclic) bond motifs is 1. The van der Waals surface area contributed by atoms with Gasteiger partial charge in [-0.15, -0.1) is 5.10 Å². The number of nitrogens with two attached hydrogens (primary N) is 1. The number of hydrogen-bond acceptors (Lipinski definition) is 9. The van der Waals surface area contributed by atoms with Gasteiger partial charge in [0, 0.05) is 0 Å². The minimum absolute atomic E-state index is 0.315. The van der Waals surface area contributed by atoms with Crippen LogP contribution < -0.4 is 11.3 Å². The third-order valence-corrected chi connectivity index (χ3v) is 3.90. The fourth-order valence-corrected chi connectivity index (χ4v) is 2.76. The van der Waals surface area contributed by atoms with Crippen LogP contribution in [0.25, 0.3) is 11.0 Å². The van der Waals surface area contributed by atoms with Gasteiger partial charge in [-0.25, -0.2) is 15.5 Å². The van der Waals surface area contributed by atoms with Crippen LogP contribution in [0.2, 0.25) is 0 Å². The maximum absolute atomic E-state index is 5.38. The molecule has 1 aliphatic rings. The van der Waals surface area contributed by atoms with Crippen molar-refractivity contribution in [2.75, 3.05) is 5.43 Å². The SMILES string of the molecule is NNc1nc(Sc2nnnn2C2CC2)c2cn[nH]c2n1. The average molecular weight is 290 g/mol. The number of hydrogen-bond donors (Lipinski definition) is 3. The Bertz CT molecular complexity index is 759. The monoisotopic (exact) mass is 290 g/mol. The zero-order chi connectivity index (χ0) is 13.5. The first-order chi connectivity index (χ1) is 9.85. The van der Waals surface area contributed by atoms with Gasteiger partial charge >= 0.3 is 0 Å². The number of H-pyrrole nitrogens is 1. The molecule has 1 saturated carbocycles. The third-order valence-electron chi connectivity index (χ3n) is 2.95. The van der Waals surface area contributed by atoms with E-state index < -0.39 is 0 Å². The Morgan fingerprint density at radius 3 is 3.10 bits per heavy atom. The number of nitrogens with zero attached hydrogens (tertiary/aromatic N) is 7. The number of nitrogen functional groups attached to an aromatic ring is 1. The minimum Gasteiger partial charge on any atom is -0.292 e. The topological polar surface area (TPSA) is 136 Å². The standard InChI is InChI=1S/C9H10N10S/c10-14-8-12-6-5(3-11-15-6)7(13-8)20-9-16-17-18-19(9)4-1-2-4/h3-4H,1-2,10H2,(H2,11,12,13,14,15). The molecule has 1 fully saturated rings. The predicted molar refractivity (Wildman–Crippen MR) is 69.7 cm³/mol. The van der Waals surface area contributed by atoms with Crippen LogP contribution in [-0.4, -0.2) is 40.4 Å². The van der Waals surface area contributed by atoms with Crippen molar-refractivity contribution in [3.8, 4) is 0 Å². The average Bonchev–Trinajstić information content (AvgIpc) is 3.01. The van der Waals surface area contributed by atoms with Gasteiger partial charge in [0.15, 0.2) is 5.65 Å². The Hall–Kier alpha value is -2.27. The van der Waals surface area contributed by atoms with E-state index >= 15 is 0 Å². The van der Waals surface area contributed by atoms with Crippen LogP contribution in [-0.2, 0) is 0 Å². The summed E-state index contributed by atoms with van der Waals surface area (Å²) in [5.41, 5.74) is 3.05. The Morgan fingerprint density at radius 2 is 2.30 bits per heavy atom. The van der Waals surface area contributed by atoms with Gasteiger partial charge in [-0.1, -0.05) is 0 Å². The molecule has 11 heteroatoms. The molecule has 0 atom stereocenters. The molecule has 0 bridgehead atoms. The molecule has 3 aromatic rings.